The molecule has 0 bridgehead atoms. The van der Waals surface area contributed by atoms with Crippen molar-refractivity contribution in [1.82, 2.24) is 14.6 Å². The van der Waals surface area contributed by atoms with Crippen molar-refractivity contribution in [3.05, 3.63) is 24.2 Å². The van der Waals surface area contributed by atoms with Gasteiger partial charge < -0.3 is 5.11 Å². The van der Waals surface area contributed by atoms with Crippen LogP contribution in [0.3, 0.4) is 0 Å². The molecular formula is C7H7N3O. The summed E-state index contributed by atoms with van der Waals surface area (Å²) in [5.74, 6) is 0.160. The van der Waals surface area contributed by atoms with Gasteiger partial charge in [0, 0.05) is 5.69 Å². The van der Waals surface area contributed by atoms with Gasteiger partial charge in [0.05, 0.1) is 0 Å². The molecule has 1 N–H and O–H groups in total. The van der Waals surface area contributed by atoms with Crippen LogP contribution in [-0.2, 0) is 0 Å². The normalized spacial score (nSPS) is 10.6. The van der Waals surface area contributed by atoms with E-state index in [4.69, 9.17) is 0 Å². The molecule has 2 aromatic heterocycles. The van der Waals surface area contributed by atoms with Crippen molar-refractivity contribution in [3.63, 3.8) is 0 Å². The van der Waals surface area contributed by atoms with Gasteiger partial charge >= 0.3 is 0 Å². The lowest BCUT2D eigenvalue weighted by Crippen LogP contribution is -1.91. The summed E-state index contributed by atoms with van der Waals surface area (Å²) in [4.78, 5) is 3.88. The van der Waals surface area contributed by atoms with E-state index in [1.165, 1.54) is 6.33 Å². The van der Waals surface area contributed by atoms with E-state index in [1.54, 1.807) is 16.6 Å². The van der Waals surface area contributed by atoms with Gasteiger partial charge in [0.1, 0.15) is 6.33 Å². The van der Waals surface area contributed by atoms with E-state index in [0.29, 0.717) is 5.65 Å². The molecule has 0 aliphatic carbocycles. The van der Waals surface area contributed by atoms with Crippen molar-refractivity contribution < 1.29 is 5.11 Å². The van der Waals surface area contributed by atoms with Gasteiger partial charge in [-0.25, -0.2) is 9.50 Å². The zero-order valence-electron chi connectivity index (χ0n) is 6.02. The van der Waals surface area contributed by atoms with E-state index < -0.39 is 0 Å². The summed E-state index contributed by atoms with van der Waals surface area (Å²) in [5.41, 5.74) is 1.46. The first-order valence-electron chi connectivity index (χ1n) is 3.27. The lowest BCUT2D eigenvalue weighted by Gasteiger charge is -1.97. The number of aromatic hydroxyl groups is 1. The molecule has 0 unspecified atom stereocenters. The highest BCUT2D eigenvalue weighted by atomic mass is 16.3. The first-order chi connectivity index (χ1) is 5.29. The second-order valence-electron chi connectivity index (χ2n) is 2.36. The van der Waals surface area contributed by atoms with Crippen molar-refractivity contribution >= 4 is 5.65 Å². The Kier molecular flexibility index (Phi) is 1.09. The molecular weight excluding hydrogens is 142 g/mol. The Morgan fingerprint density at radius 1 is 1.45 bits per heavy atom. The zero-order chi connectivity index (χ0) is 7.84. The first-order valence-corrected chi connectivity index (χ1v) is 3.27. The first kappa shape index (κ1) is 6.15. The molecule has 4 nitrogen and oxygen atoms in total. The maximum atomic E-state index is 9.26. The minimum Gasteiger partial charge on any atom is -0.504 e. The predicted octanol–water partition coefficient (Wildman–Crippen LogP) is 0.743. The average Bonchev–Trinajstić information content (AvgIpc) is 2.45. The highest BCUT2D eigenvalue weighted by Crippen LogP contribution is 2.15. The van der Waals surface area contributed by atoms with E-state index >= 15 is 0 Å². The summed E-state index contributed by atoms with van der Waals surface area (Å²) < 4.78 is 1.59. The van der Waals surface area contributed by atoms with E-state index in [1.807, 2.05) is 6.92 Å². The molecule has 0 spiro atoms. The van der Waals surface area contributed by atoms with Crippen LogP contribution in [0.1, 0.15) is 5.69 Å². The van der Waals surface area contributed by atoms with Gasteiger partial charge in [-0.3, -0.25) is 0 Å². The number of pyridine rings is 1. The molecule has 2 aromatic rings. The molecule has 56 valence electrons. The summed E-state index contributed by atoms with van der Waals surface area (Å²) in [7, 11) is 0. The van der Waals surface area contributed by atoms with Crippen molar-refractivity contribution in [2.45, 2.75) is 6.92 Å². The van der Waals surface area contributed by atoms with E-state index in [9.17, 15) is 5.11 Å². The van der Waals surface area contributed by atoms with Crippen LogP contribution in [0, 0.1) is 6.92 Å². The molecule has 0 aromatic carbocycles. The zero-order valence-corrected chi connectivity index (χ0v) is 6.02. The maximum Gasteiger partial charge on any atom is 0.197 e. The second-order valence-corrected chi connectivity index (χ2v) is 2.36. The highest BCUT2D eigenvalue weighted by Gasteiger charge is 2.02. The number of rotatable bonds is 0. The number of aryl methyl sites for hydroxylation is 1. The van der Waals surface area contributed by atoms with Crippen LogP contribution < -0.4 is 0 Å². The second kappa shape index (κ2) is 1.95. The standard InChI is InChI=1S/C7H7N3O/c1-5-2-3-6(11)7-8-4-9-10(5)7/h2-4,11H,1H3. The van der Waals surface area contributed by atoms with E-state index in [-0.39, 0.29) is 5.75 Å². The smallest absolute Gasteiger partial charge is 0.197 e. The lowest BCUT2D eigenvalue weighted by atomic mass is 10.3. The highest BCUT2D eigenvalue weighted by molar-refractivity contribution is 5.51. The monoisotopic (exact) mass is 149 g/mol. The maximum absolute atomic E-state index is 9.26. The summed E-state index contributed by atoms with van der Waals surface area (Å²) in [6.45, 7) is 1.90. The summed E-state index contributed by atoms with van der Waals surface area (Å²) in [6.07, 6.45) is 1.42. The molecule has 2 rings (SSSR count). The van der Waals surface area contributed by atoms with Gasteiger partial charge in [-0.2, -0.15) is 5.10 Å². The Bertz CT molecular complexity index is 357. The Labute approximate surface area is 63.1 Å². The molecule has 0 amide bonds. The van der Waals surface area contributed by atoms with Gasteiger partial charge in [-0.1, -0.05) is 0 Å². The van der Waals surface area contributed by atoms with Crippen LogP contribution in [-0.4, -0.2) is 19.7 Å². The Morgan fingerprint density at radius 2 is 2.27 bits per heavy atom. The third kappa shape index (κ3) is 0.756. The van der Waals surface area contributed by atoms with Crippen molar-refractivity contribution in [2.24, 2.45) is 0 Å². The SMILES string of the molecule is Cc1ccc(O)c2ncnn12. The molecule has 0 saturated carbocycles. The molecule has 11 heavy (non-hydrogen) atoms. The summed E-state index contributed by atoms with van der Waals surface area (Å²) in [5, 5.41) is 13.2. The van der Waals surface area contributed by atoms with Gasteiger partial charge in [-0.15, -0.1) is 0 Å². The fraction of sp³-hybridized carbons (Fsp3) is 0.143. The Hall–Kier alpha value is -1.58. The van der Waals surface area contributed by atoms with E-state index in [2.05, 4.69) is 10.1 Å². The fourth-order valence-electron chi connectivity index (χ4n) is 1.02. The number of fused-ring (bicyclic) bond motifs is 1. The third-order valence-electron chi connectivity index (χ3n) is 1.59. The molecule has 0 saturated heterocycles. The minimum atomic E-state index is 0.160. The molecule has 0 radical (unpaired) electrons. The largest absolute Gasteiger partial charge is 0.504 e. The van der Waals surface area contributed by atoms with Crippen LogP contribution in [0.25, 0.3) is 5.65 Å². The number of hydrogen-bond acceptors (Lipinski definition) is 3. The number of hydrogen-bond donors (Lipinski definition) is 1. The van der Waals surface area contributed by atoms with Gasteiger partial charge in [-0.05, 0) is 19.1 Å². The van der Waals surface area contributed by atoms with E-state index in [0.717, 1.165) is 5.69 Å². The van der Waals surface area contributed by atoms with Crippen molar-refractivity contribution in [3.8, 4) is 5.75 Å². The number of aromatic nitrogens is 3. The molecule has 4 heteroatoms. The Balaban J connectivity index is 2.96. The quantitative estimate of drug-likeness (QED) is 0.601. The molecule has 0 atom stereocenters. The summed E-state index contributed by atoms with van der Waals surface area (Å²) in [6, 6.07) is 3.40. The molecule has 0 fully saturated rings. The minimum absolute atomic E-state index is 0.160. The third-order valence-corrected chi connectivity index (χ3v) is 1.59. The van der Waals surface area contributed by atoms with Crippen molar-refractivity contribution in [2.75, 3.05) is 0 Å². The van der Waals surface area contributed by atoms with Gasteiger partial charge in [0.25, 0.3) is 0 Å². The molecule has 0 aliphatic heterocycles. The predicted molar refractivity (Wildman–Crippen MR) is 39.4 cm³/mol. The number of nitrogens with zero attached hydrogens (tertiary/aromatic N) is 3. The van der Waals surface area contributed by atoms with Crippen molar-refractivity contribution in [1.29, 1.82) is 0 Å². The average molecular weight is 149 g/mol. The molecule has 2 heterocycles. The van der Waals surface area contributed by atoms with Crippen LogP contribution in [0.4, 0.5) is 0 Å². The lowest BCUT2D eigenvalue weighted by molar-refractivity contribution is 0.476. The fourth-order valence-corrected chi connectivity index (χ4v) is 1.02. The summed E-state index contributed by atoms with van der Waals surface area (Å²) >= 11 is 0. The topological polar surface area (TPSA) is 50.4 Å². The van der Waals surface area contributed by atoms with Crippen LogP contribution >= 0.6 is 0 Å². The van der Waals surface area contributed by atoms with Crippen LogP contribution in [0.15, 0.2) is 18.5 Å². The van der Waals surface area contributed by atoms with Crippen LogP contribution in [0.5, 0.6) is 5.75 Å². The van der Waals surface area contributed by atoms with Gasteiger partial charge in [0.2, 0.25) is 0 Å². The molecule has 0 aliphatic rings. The Morgan fingerprint density at radius 3 is 3.00 bits per heavy atom. The van der Waals surface area contributed by atoms with Gasteiger partial charge in [0.15, 0.2) is 11.4 Å². The van der Waals surface area contributed by atoms with Crippen LogP contribution in [0.2, 0.25) is 0 Å².